The number of halogens is 2. The van der Waals surface area contributed by atoms with Crippen molar-refractivity contribution < 1.29 is 4.79 Å². The first-order valence-corrected chi connectivity index (χ1v) is 7.47. The average molecular weight is 335 g/mol. The third-order valence-corrected chi connectivity index (χ3v) is 4.42. The van der Waals surface area contributed by atoms with E-state index in [1.165, 1.54) is 6.42 Å². The highest BCUT2D eigenvalue weighted by Crippen LogP contribution is 2.16. The number of piperidine rings is 1. The number of nitrogens with zero attached hydrogens (tertiary/aromatic N) is 4. The first kappa shape index (κ1) is 18.3. The predicted octanol–water partition coefficient (Wildman–Crippen LogP) is 1.98. The quantitative estimate of drug-likeness (QED) is 0.845. The number of hydrogen-bond acceptors (Lipinski definition) is 3. The molecule has 2 heterocycles. The highest BCUT2D eigenvalue weighted by atomic mass is 35.5. The molecule has 1 aliphatic rings. The van der Waals surface area contributed by atoms with Crippen LogP contribution in [0.3, 0.4) is 0 Å². The van der Waals surface area contributed by atoms with Gasteiger partial charge < -0.3 is 14.4 Å². The second-order valence-electron chi connectivity index (χ2n) is 5.66. The van der Waals surface area contributed by atoms with E-state index in [1.807, 2.05) is 16.5 Å². The molecule has 1 aliphatic heterocycles. The minimum atomic E-state index is 0. The van der Waals surface area contributed by atoms with E-state index < -0.39 is 0 Å². The maximum atomic E-state index is 12.3. The van der Waals surface area contributed by atoms with Crippen LogP contribution < -0.4 is 0 Å². The summed E-state index contributed by atoms with van der Waals surface area (Å²) in [6.45, 7) is 1.72. The smallest absolute Gasteiger partial charge is 0.223 e. The third kappa shape index (κ3) is 4.59. The SMILES string of the molecule is CN(C)[C@H]1CCCN(C(=O)CCc2ncc(Cl)n2C)C1.Cl. The van der Waals surface area contributed by atoms with E-state index in [0.717, 1.165) is 25.3 Å². The van der Waals surface area contributed by atoms with Crippen LogP contribution in [0, 0.1) is 0 Å². The number of aromatic nitrogens is 2. The van der Waals surface area contributed by atoms with Crippen LogP contribution in [0.15, 0.2) is 6.20 Å². The summed E-state index contributed by atoms with van der Waals surface area (Å²) in [6.07, 6.45) is 5.03. The van der Waals surface area contributed by atoms with Crippen molar-refractivity contribution in [3.8, 4) is 0 Å². The zero-order chi connectivity index (χ0) is 14.7. The van der Waals surface area contributed by atoms with E-state index in [-0.39, 0.29) is 18.3 Å². The molecule has 0 bridgehead atoms. The molecule has 120 valence electrons. The molecule has 5 nitrogen and oxygen atoms in total. The zero-order valence-corrected chi connectivity index (χ0v) is 14.5. The summed E-state index contributed by atoms with van der Waals surface area (Å²) in [5.74, 6) is 1.08. The van der Waals surface area contributed by atoms with Gasteiger partial charge in [0.2, 0.25) is 5.91 Å². The van der Waals surface area contributed by atoms with Gasteiger partial charge in [-0.25, -0.2) is 4.98 Å². The van der Waals surface area contributed by atoms with Gasteiger partial charge in [-0.3, -0.25) is 4.79 Å². The molecule has 1 amide bonds. The summed E-state index contributed by atoms with van der Waals surface area (Å²) in [5.41, 5.74) is 0. The van der Waals surface area contributed by atoms with Gasteiger partial charge in [0.15, 0.2) is 0 Å². The van der Waals surface area contributed by atoms with Crippen molar-refractivity contribution >= 4 is 29.9 Å². The normalized spacial score (nSPS) is 18.7. The summed E-state index contributed by atoms with van der Waals surface area (Å²) in [4.78, 5) is 20.7. The van der Waals surface area contributed by atoms with Gasteiger partial charge in [-0.15, -0.1) is 12.4 Å². The highest BCUT2D eigenvalue weighted by Gasteiger charge is 2.24. The molecule has 21 heavy (non-hydrogen) atoms. The molecule has 1 aromatic heterocycles. The Bertz CT molecular complexity index is 476. The highest BCUT2D eigenvalue weighted by molar-refractivity contribution is 6.29. The molecule has 0 radical (unpaired) electrons. The van der Waals surface area contributed by atoms with E-state index in [0.29, 0.717) is 24.0 Å². The first-order valence-electron chi connectivity index (χ1n) is 7.09. The van der Waals surface area contributed by atoms with Gasteiger partial charge >= 0.3 is 0 Å². The Hall–Kier alpha value is -0.780. The summed E-state index contributed by atoms with van der Waals surface area (Å²) >= 11 is 5.95. The molecule has 1 atom stereocenters. The minimum Gasteiger partial charge on any atom is -0.341 e. The number of aryl methyl sites for hydroxylation is 1. The molecule has 1 saturated heterocycles. The molecule has 0 unspecified atom stereocenters. The lowest BCUT2D eigenvalue weighted by atomic mass is 10.0. The van der Waals surface area contributed by atoms with Gasteiger partial charge in [0.25, 0.3) is 0 Å². The molecule has 0 spiro atoms. The Morgan fingerprint density at radius 2 is 2.24 bits per heavy atom. The largest absolute Gasteiger partial charge is 0.341 e. The molecule has 7 heteroatoms. The summed E-state index contributed by atoms with van der Waals surface area (Å²) in [7, 11) is 6.03. The Kier molecular flexibility index (Phi) is 6.97. The Morgan fingerprint density at radius 1 is 1.52 bits per heavy atom. The van der Waals surface area contributed by atoms with Crippen molar-refractivity contribution in [3.05, 3.63) is 17.2 Å². The molecule has 0 aliphatic carbocycles. The minimum absolute atomic E-state index is 0. The maximum absolute atomic E-state index is 12.3. The molecule has 0 saturated carbocycles. The van der Waals surface area contributed by atoms with Crippen LogP contribution in [-0.4, -0.2) is 58.5 Å². The third-order valence-electron chi connectivity index (χ3n) is 4.07. The van der Waals surface area contributed by atoms with Crippen LogP contribution >= 0.6 is 24.0 Å². The standard InChI is InChI=1S/C14H23ClN4O.ClH/c1-17(2)11-5-4-8-19(10-11)14(20)7-6-13-16-9-12(15)18(13)3;/h9,11H,4-8,10H2,1-3H3;1H/t11-;/m0./s1. The number of hydrogen-bond donors (Lipinski definition) is 0. The van der Waals surface area contributed by atoms with Crippen molar-refractivity contribution in [2.45, 2.75) is 31.7 Å². The number of imidazole rings is 1. The van der Waals surface area contributed by atoms with Crippen LogP contribution in [0.25, 0.3) is 0 Å². The second kappa shape index (κ2) is 8.01. The van der Waals surface area contributed by atoms with Crippen LogP contribution in [-0.2, 0) is 18.3 Å². The lowest BCUT2D eigenvalue weighted by Crippen LogP contribution is -2.47. The molecule has 0 N–H and O–H groups in total. The van der Waals surface area contributed by atoms with Crippen molar-refractivity contribution in [2.24, 2.45) is 7.05 Å². The van der Waals surface area contributed by atoms with E-state index in [9.17, 15) is 4.79 Å². The lowest BCUT2D eigenvalue weighted by Gasteiger charge is -2.36. The lowest BCUT2D eigenvalue weighted by molar-refractivity contribution is -0.133. The van der Waals surface area contributed by atoms with Crippen molar-refractivity contribution in [1.29, 1.82) is 0 Å². The van der Waals surface area contributed by atoms with Crippen LogP contribution in [0.2, 0.25) is 5.15 Å². The van der Waals surface area contributed by atoms with Crippen molar-refractivity contribution in [2.75, 3.05) is 27.2 Å². The molecular formula is C14H24Cl2N4O. The number of likely N-dealkylation sites (N-methyl/N-ethyl adjacent to an activating group) is 1. The van der Waals surface area contributed by atoms with Gasteiger partial charge in [0.05, 0.1) is 6.20 Å². The molecule has 1 fully saturated rings. The Balaban J connectivity index is 0.00000220. The first-order chi connectivity index (χ1) is 9.49. The summed E-state index contributed by atoms with van der Waals surface area (Å²) in [6, 6.07) is 0.482. The van der Waals surface area contributed by atoms with Gasteiger partial charge in [-0.1, -0.05) is 11.6 Å². The monoisotopic (exact) mass is 334 g/mol. The number of amides is 1. The van der Waals surface area contributed by atoms with E-state index in [4.69, 9.17) is 11.6 Å². The summed E-state index contributed by atoms with van der Waals surface area (Å²) < 4.78 is 1.83. The van der Waals surface area contributed by atoms with Crippen molar-refractivity contribution in [3.63, 3.8) is 0 Å². The second-order valence-corrected chi connectivity index (χ2v) is 6.04. The number of likely N-dealkylation sites (tertiary alicyclic amines) is 1. The van der Waals surface area contributed by atoms with Crippen molar-refractivity contribution in [1.82, 2.24) is 19.4 Å². The molecule has 1 aromatic rings. The van der Waals surface area contributed by atoms with Gasteiger partial charge in [0.1, 0.15) is 11.0 Å². The van der Waals surface area contributed by atoms with Gasteiger partial charge in [0, 0.05) is 39.0 Å². The Morgan fingerprint density at radius 3 is 2.81 bits per heavy atom. The van der Waals surface area contributed by atoms with Crippen LogP contribution in [0.4, 0.5) is 0 Å². The topological polar surface area (TPSA) is 41.4 Å². The van der Waals surface area contributed by atoms with E-state index in [2.05, 4.69) is 24.0 Å². The van der Waals surface area contributed by atoms with E-state index in [1.54, 1.807) is 6.20 Å². The predicted molar refractivity (Wildman–Crippen MR) is 87.1 cm³/mol. The number of carbonyl (C=O) groups excluding carboxylic acids is 1. The van der Waals surface area contributed by atoms with Crippen LogP contribution in [0.5, 0.6) is 0 Å². The fourth-order valence-corrected chi connectivity index (χ4v) is 2.78. The summed E-state index contributed by atoms with van der Waals surface area (Å²) in [5, 5.41) is 0.609. The van der Waals surface area contributed by atoms with Gasteiger partial charge in [-0.05, 0) is 26.9 Å². The molecule has 2 rings (SSSR count). The number of rotatable bonds is 4. The molecular weight excluding hydrogens is 311 g/mol. The van der Waals surface area contributed by atoms with Crippen LogP contribution in [0.1, 0.15) is 25.1 Å². The molecule has 0 aromatic carbocycles. The zero-order valence-electron chi connectivity index (χ0n) is 12.9. The maximum Gasteiger partial charge on any atom is 0.223 e. The van der Waals surface area contributed by atoms with Gasteiger partial charge in [-0.2, -0.15) is 0 Å². The van der Waals surface area contributed by atoms with E-state index >= 15 is 0 Å². The average Bonchev–Trinajstić information content (AvgIpc) is 2.76. The number of carbonyl (C=O) groups is 1. The fraction of sp³-hybridized carbons (Fsp3) is 0.714. The Labute approximate surface area is 137 Å². The fourth-order valence-electron chi connectivity index (χ4n) is 2.64.